The molecule has 1 atom stereocenters. The van der Waals surface area contributed by atoms with Crippen molar-refractivity contribution >= 4 is 27.6 Å². The van der Waals surface area contributed by atoms with Crippen molar-refractivity contribution in [2.24, 2.45) is 5.92 Å². The Morgan fingerprint density at radius 1 is 1.50 bits per heavy atom. The van der Waals surface area contributed by atoms with Gasteiger partial charge in [0.05, 0.1) is 13.0 Å². The number of hydrogen-bond acceptors (Lipinski definition) is 3. The minimum atomic E-state index is -0.165. The van der Waals surface area contributed by atoms with E-state index in [1.165, 1.54) is 7.11 Å². The largest absolute Gasteiger partial charge is 0.469 e. The Kier molecular flexibility index (Phi) is 5.32. The second-order valence-electron chi connectivity index (χ2n) is 3.49. The maximum absolute atomic E-state index is 11.4. The fourth-order valence-electron chi connectivity index (χ4n) is 1.40. The number of rotatable bonds is 5. The average molecular weight is 286 g/mol. The Bertz CT molecular complexity index is 355. The number of benzene rings is 1. The lowest BCUT2D eigenvalue weighted by Crippen LogP contribution is -2.23. The molecule has 0 aliphatic heterocycles. The van der Waals surface area contributed by atoms with E-state index >= 15 is 0 Å². The van der Waals surface area contributed by atoms with Crippen molar-refractivity contribution < 1.29 is 9.53 Å². The molecule has 0 spiro atoms. The van der Waals surface area contributed by atoms with Gasteiger partial charge in [0.25, 0.3) is 0 Å². The highest BCUT2D eigenvalue weighted by Gasteiger charge is 2.16. The first-order chi connectivity index (χ1) is 7.69. The molecular formula is C12H16BrNO2. The number of esters is 1. The van der Waals surface area contributed by atoms with Crippen LogP contribution in [0.4, 0.5) is 5.69 Å². The fraction of sp³-hybridized carbons (Fsp3) is 0.417. The molecule has 88 valence electrons. The van der Waals surface area contributed by atoms with E-state index in [9.17, 15) is 4.79 Å². The molecule has 0 aliphatic rings. The van der Waals surface area contributed by atoms with E-state index in [-0.39, 0.29) is 11.9 Å². The summed E-state index contributed by atoms with van der Waals surface area (Å²) in [6.45, 7) is 2.56. The summed E-state index contributed by atoms with van der Waals surface area (Å²) in [5.74, 6) is -0.265. The van der Waals surface area contributed by atoms with Crippen LogP contribution in [-0.2, 0) is 9.53 Å². The standard InChI is InChI=1S/C12H16BrNO2/c1-3-9(12(15)16-2)8-14-11-7-5-4-6-10(11)13/h4-7,9,14H,3,8H2,1-2H3. The van der Waals surface area contributed by atoms with Gasteiger partial charge in [-0.1, -0.05) is 19.1 Å². The third-order valence-corrected chi connectivity index (χ3v) is 3.13. The van der Waals surface area contributed by atoms with Gasteiger partial charge >= 0.3 is 5.97 Å². The van der Waals surface area contributed by atoms with E-state index in [1.54, 1.807) is 0 Å². The Morgan fingerprint density at radius 2 is 2.19 bits per heavy atom. The number of carbonyl (C=O) groups excluding carboxylic acids is 1. The number of halogens is 1. The number of ether oxygens (including phenoxy) is 1. The summed E-state index contributed by atoms with van der Waals surface area (Å²) in [4.78, 5) is 11.4. The molecule has 0 aromatic heterocycles. The third-order valence-electron chi connectivity index (χ3n) is 2.44. The SMILES string of the molecule is CCC(CNc1ccccc1Br)C(=O)OC. The molecule has 4 heteroatoms. The van der Waals surface area contributed by atoms with Crippen molar-refractivity contribution in [3.05, 3.63) is 28.7 Å². The first kappa shape index (κ1) is 13.0. The molecule has 0 saturated carbocycles. The number of carbonyl (C=O) groups is 1. The summed E-state index contributed by atoms with van der Waals surface area (Å²) in [5, 5.41) is 3.23. The summed E-state index contributed by atoms with van der Waals surface area (Å²) in [7, 11) is 1.42. The molecule has 0 fully saturated rings. The van der Waals surface area contributed by atoms with Gasteiger partial charge in [0.1, 0.15) is 0 Å². The molecule has 3 nitrogen and oxygen atoms in total. The van der Waals surface area contributed by atoms with Crippen molar-refractivity contribution in [1.82, 2.24) is 0 Å². The topological polar surface area (TPSA) is 38.3 Å². The zero-order chi connectivity index (χ0) is 12.0. The van der Waals surface area contributed by atoms with Gasteiger partial charge < -0.3 is 10.1 Å². The smallest absolute Gasteiger partial charge is 0.310 e. The molecule has 16 heavy (non-hydrogen) atoms. The van der Waals surface area contributed by atoms with Gasteiger partial charge in [0.15, 0.2) is 0 Å². The van der Waals surface area contributed by atoms with Crippen LogP contribution in [0, 0.1) is 5.92 Å². The molecule has 0 aliphatic carbocycles. The van der Waals surface area contributed by atoms with Crippen molar-refractivity contribution in [2.45, 2.75) is 13.3 Å². The van der Waals surface area contributed by atoms with Crippen LogP contribution in [0.3, 0.4) is 0 Å². The highest BCUT2D eigenvalue weighted by molar-refractivity contribution is 9.10. The summed E-state index contributed by atoms with van der Waals surface area (Å²) in [6, 6.07) is 7.83. The van der Waals surface area contributed by atoms with E-state index in [1.807, 2.05) is 31.2 Å². The van der Waals surface area contributed by atoms with Crippen molar-refractivity contribution in [1.29, 1.82) is 0 Å². The van der Waals surface area contributed by atoms with Crippen LogP contribution in [0.5, 0.6) is 0 Å². The van der Waals surface area contributed by atoms with Gasteiger partial charge in [0, 0.05) is 16.7 Å². The van der Waals surface area contributed by atoms with Gasteiger partial charge in [-0.2, -0.15) is 0 Å². The minimum absolute atomic E-state index is 0.0999. The zero-order valence-corrected chi connectivity index (χ0v) is 11.1. The summed E-state index contributed by atoms with van der Waals surface area (Å²) in [6.07, 6.45) is 0.768. The zero-order valence-electron chi connectivity index (χ0n) is 9.50. The van der Waals surface area contributed by atoms with E-state index in [0.717, 1.165) is 16.6 Å². The van der Waals surface area contributed by atoms with Gasteiger partial charge in [-0.25, -0.2) is 0 Å². The molecule has 0 bridgehead atoms. The molecule has 1 N–H and O–H groups in total. The van der Waals surface area contributed by atoms with Crippen LogP contribution in [0.15, 0.2) is 28.7 Å². The van der Waals surface area contributed by atoms with Crippen molar-refractivity contribution in [3.8, 4) is 0 Å². The van der Waals surface area contributed by atoms with Crippen LogP contribution in [0.25, 0.3) is 0 Å². The minimum Gasteiger partial charge on any atom is -0.469 e. The molecule has 0 saturated heterocycles. The Labute approximate surface area is 104 Å². The molecule has 1 rings (SSSR count). The lowest BCUT2D eigenvalue weighted by molar-refractivity contribution is -0.145. The van der Waals surface area contributed by atoms with Gasteiger partial charge in [-0.15, -0.1) is 0 Å². The maximum Gasteiger partial charge on any atom is 0.310 e. The predicted molar refractivity (Wildman–Crippen MR) is 68.4 cm³/mol. The first-order valence-corrected chi connectivity index (χ1v) is 6.04. The van der Waals surface area contributed by atoms with E-state index in [2.05, 4.69) is 21.2 Å². The van der Waals surface area contributed by atoms with Crippen LogP contribution < -0.4 is 5.32 Å². The second-order valence-corrected chi connectivity index (χ2v) is 4.34. The summed E-state index contributed by atoms with van der Waals surface area (Å²) in [5.41, 5.74) is 0.991. The summed E-state index contributed by atoms with van der Waals surface area (Å²) < 4.78 is 5.73. The first-order valence-electron chi connectivity index (χ1n) is 5.25. The average Bonchev–Trinajstić information content (AvgIpc) is 2.31. The second kappa shape index (κ2) is 6.53. The summed E-state index contributed by atoms with van der Waals surface area (Å²) >= 11 is 3.44. The Morgan fingerprint density at radius 3 is 2.75 bits per heavy atom. The molecule has 0 radical (unpaired) electrons. The van der Waals surface area contributed by atoms with Gasteiger partial charge in [-0.05, 0) is 34.5 Å². The molecular weight excluding hydrogens is 270 g/mol. The number of hydrogen-bond donors (Lipinski definition) is 1. The van der Waals surface area contributed by atoms with Crippen LogP contribution in [-0.4, -0.2) is 19.6 Å². The van der Waals surface area contributed by atoms with Gasteiger partial charge in [0.2, 0.25) is 0 Å². The molecule has 1 aromatic rings. The van der Waals surface area contributed by atoms with Crippen molar-refractivity contribution in [2.75, 3.05) is 19.0 Å². The van der Waals surface area contributed by atoms with Crippen LogP contribution in [0.1, 0.15) is 13.3 Å². The number of methoxy groups -OCH3 is 1. The highest BCUT2D eigenvalue weighted by Crippen LogP contribution is 2.21. The van der Waals surface area contributed by atoms with E-state index < -0.39 is 0 Å². The number of anilines is 1. The van der Waals surface area contributed by atoms with Crippen molar-refractivity contribution in [3.63, 3.8) is 0 Å². The fourth-order valence-corrected chi connectivity index (χ4v) is 1.82. The Hall–Kier alpha value is -1.03. The highest BCUT2D eigenvalue weighted by atomic mass is 79.9. The number of para-hydroxylation sites is 1. The molecule has 0 heterocycles. The molecule has 1 unspecified atom stereocenters. The lowest BCUT2D eigenvalue weighted by atomic mass is 10.1. The van der Waals surface area contributed by atoms with Crippen LogP contribution in [0.2, 0.25) is 0 Å². The normalized spacial score (nSPS) is 11.9. The lowest BCUT2D eigenvalue weighted by Gasteiger charge is -2.14. The van der Waals surface area contributed by atoms with E-state index in [4.69, 9.17) is 4.74 Å². The maximum atomic E-state index is 11.4. The van der Waals surface area contributed by atoms with E-state index in [0.29, 0.717) is 6.54 Å². The predicted octanol–water partition coefficient (Wildman–Crippen LogP) is 3.06. The number of nitrogens with one attached hydrogen (secondary N) is 1. The monoisotopic (exact) mass is 285 g/mol. The quantitative estimate of drug-likeness (QED) is 0.845. The molecule has 0 amide bonds. The molecule has 1 aromatic carbocycles. The van der Waals surface area contributed by atoms with Gasteiger partial charge in [-0.3, -0.25) is 4.79 Å². The van der Waals surface area contributed by atoms with Crippen LogP contribution >= 0.6 is 15.9 Å². The third kappa shape index (κ3) is 3.52. The Balaban J connectivity index is 2.56.